The predicted molar refractivity (Wildman–Crippen MR) is 85.5 cm³/mol. The molecule has 5 heteroatoms. The fourth-order valence-electron chi connectivity index (χ4n) is 3.48. The molecule has 1 saturated heterocycles. The molecule has 4 rings (SSSR count). The van der Waals surface area contributed by atoms with Gasteiger partial charge in [-0.3, -0.25) is 14.2 Å². The summed E-state index contributed by atoms with van der Waals surface area (Å²) in [5, 5.41) is 0.175. The summed E-state index contributed by atoms with van der Waals surface area (Å²) in [6.07, 6.45) is 1.23. The summed E-state index contributed by atoms with van der Waals surface area (Å²) in [5.74, 6) is 1.61. The summed E-state index contributed by atoms with van der Waals surface area (Å²) >= 11 is 0. The summed E-state index contributed by atoms with van der Waals surface area (Å²) in [6.45, 7) is 0.721. The molecule has 2 atom stereocenters. The van der Waals surface area contributed by atoms with Crippen LogP contribution in [-0.2, 0) is 7.05 Å². The molecule has 2 aliphatic rings. The summed E-state index contributed by atoms with van der Waals surface area (Å²) in [5.41, 5.74) is 0.138. The number of hydrogen-bond donors (Lipinski definition) is 0. The Kier molecular flexibility index (Phi) is 2.11. The van der Waals surface area contributed by atoms with Crippen LogP contribution < -0.4 is 10.5 Å². The highest BCUT2D eigenvalue weighted by atomic mass is 16.1. The maximum atomic E-state index is 12.9. The molecule has 2 unspecified atom stereocenters. The lowest BCUT2D eigenvalue weighted by Gasteiger charge is -2.22. The zero-order valence-corrected chi connectivity index (χ0v) is 12.6. The van der Waals surface area contributed by atoms with Crippen molar-refractivity contribution in [1.29, 1.82) is 0 Å². The predicted octanol–water partition coefficient (Wildman–Crippen LogP) is 1.90. The standard InChI is InChI=1S/C17H19N3O2/c1-9-4-13(10(2)21)15-14(5-9)16(22)19(3)17(18-15)20-7-11-6-12(11)8-20/h4-5,11-12H,6-8H2,1-3H3/i1D3. The second-order valence-electron chi connectivity index (χ2n) is 6.41. The topological polar surface area (TPSA) is 55.2 Å². The number of piperidine rings is 1. The van der Waals surface area contributed by atoms with Gasteiger partial charge in [-0.25, -0.2) is 4.98 Å². The first-order chi connectivity index (χ1) is 11.7. The van der Waals surface area contributed by atoms with Crippen molar-refractivity contribution < 1.29 is 8.91 Å². The maximum Gasteiger partial charge on any atom is 0.262 e. The van der Waals surface area contributed by atoms with Gasteiger partial charge in [0.25, 0.3) is 5.56 Å². The van der Waals surface area contributed by atoms with Crippen LogP contribution in [0, 0.1) is 18.7 Å². The van der Waals surface area contributed by atoms with Gasteiger partial charge in [0.2, 0.25) is 5.95 Å². The molecular weight excluding hydrogens is 278 g/mol. The fourth-order valence-corrected chi connectivity index (χ4v) is 3.48. The molecule has 2 aromatic rings. The molecule has 1 saturated carbocycles. The number of aromatic nitrogens is 2. The summed E-state index contributed by atoms with van der Waals surface area (Å²) in [4.78, 5) is 31.6. The molecule has 1 aromatic carbocycles. The highest BCUT2D eigenvalue weighted by molar-refractivity contribution is 6.05. The average Bonchev–Trinajstić information content (AvgIpc) is 3.14. The Hall–Kier alpha value is -2.17. The van der Waals surface area contributed by atoms with Crippen LogP contribution in [0.3, 0.4) is 0 Å². The van der Waals surface area contributed by atoms with E-state index in [0.29, 0.717) is 23.3 Å². The van der Waals surface area contributed by atoms with Gasteiger partial charge in [-0.2, -0.15) is 0 Å². The Labute approximate surface area is 132 Å². The second kappa shape index (κ2) is 4.41. The van der Waals surface area contributed by atoms with Crippen LogP contribution in [0.15, 0.2) is 16.9 Å². The van der Waals surface area contributed by atoms with E-state index in [9.17, 15) is 9.59 Å². The molecular formula is C17H19N3O2. The van der Waals surface area contributed by atoms with Gasteiger partial charge >= 0.3 is 0 Å². The minimum absolute atomic E-state index is 0.0146. The summed E-state index contributed by atoms with van der Waals surface area (Å²) in [6, 6.07) is 2.69. The van der Waals surface area contributed by atoms with E-state index >= 15 is 0 Å². The van der Waals surface area contributed by atoms with Crippen molar-refractivity contribution in [3.63, 3.8) is 0 Å². The van der Waals surface area contributed by atoms with Crippen LogP contribution in [0.25, 0.3) is 10.9 Å². The van der Waals surface area contributed by atoms with Crippen molar-refractivity contribution in [2.75, 3.05) is 18.0 Å². The second-order valence-corrected chi connectivity index (χ2v) is 6.41. The van der Waals surface area contributed by atoms with Crippen molar-refractivity contribution in [3.05, 3.63) is 33.6 Å². The van der Waals surface area contributed by atoms with Crippen molar-refractivity contribution in [1.82, 2.24) is 9.55 Å². The van der Waals surface area contributed by atoms with Gasteiger partial charge in [-0.1, -0.05) is 0 Å². The molecule has 0 radical (unpaired) electrons. The first-order valence-electron chi connectivity index (χ1n) is 8.98. The number of carbonyl (C=O) groups excluding carboxylic acids is 1. The quantitative estimate of drug-likeness (QED) is 0.795. The molecule has 22 heavy (non-hydrogen) atoms. The number of Topliss-reactive ketones (excluding diaryl/α,β-unsaturated/α-hetero) is 1. The van der Waals surface area contributed by atoms with Gasteiger partial charge in [-0.05, 0) is 49.7 Å². The number of benzene rings is 1. The number of hydrogen-bond acceptors (Lipinski definition) is 4. The van der Waals surface area contributed by atoms with Crippen molar-refractivity contribution in [2.24, 2.45) is 18.9 Å². The monoisotopic (exact) mass is 300 g/mol. The molecule has 0 bridgehead atoms. The minimum Gasteiger partial charge on any atom is -0.342 e. The maximum absolute atomic E-state index is 12.9. The number of fused-ring (bicyclic) bond motifs is 2. The van der Waals surface area contributed by atoms with E-state index in [1.807, 2.05) is 0 Å². The van der Waals surface area contributed by atoms with E-state index in [4.69, 9.17) is 4.11 Å². The molecule has 0 amide bonds. The number of anilines is 1. The first-order valence-corrected chi connectivity index (χ1v) is 7.48. The van der Waals surface area contributed by atoms with Crippen LogP contribution in [0.2, 0.25) is 0 Å². The van der Waals surface area contributed by atoms with Crippen LogP contribution in [0.1, 0.15) is 33.4 Å². The van der Waals surface area contributed by atoms with Crippen LogP contribution >= 0.6 is 0 Å². The van der Waals surface area contributed by atoms with Crippen molar-refractivity contribution in [2.45, 2.75) is 20.2 Å². The molecule has 2 heterocycles. The lowest BCUT2D eigenvalue weighted by molar-refractivity contribution is 0.101. The molecule has 1 aliphatic carbocycles. The molecule has 1 aliphatic heterocycles. The van der Waals surface area contributed by atoms with Gasteiger partial charge in [0.1, 0.15) is 0 Å². The average molecular weight is 300 g/mol. The van der Waals surface area contributed by atoms with E-state index in [2.05, 4.69) is 9.88 Å². The molecule has 1 aromatic heterocycles. The third-order valence-corrected chi connectivity index (χ3v) is 4.80. The number of nitrogens with zero attached hydrogens (tertiary/aromatic N) is 3. The highest BCUT2D eigenvalue weighted by Crippen LogP contribution is 2.45. The van der Waals surface area contributed by atoms with Crippen LogP contribution in [0.5, 0.6) is 0 Å². The Bertz CT molecular complexity index is 954. The Balaban J connectivity index is 1.97. The summed E-state index contributed by atoms with van der Waals surface area (Å²) < 4.78 is 24.3. The fraction of sp³-hybridized carbons (Fsp3) is 0.471. The summed E-state index contributed by atoms with van der Waals surface area (Å²) in [7, 11) is 1.64. The van der Waals surface area contributed by atoms with Gasteiger partial charge in [-0.15, -0.1) is 0 Å². The number of aryl methyl sites for hydroxylation is 1. The zero-order valence-electron chi connectivity index (χ0n) is 15.6. The van der Waals surface area contributed by atoms with Gasteiger partial charge < -0.3 is 4.90 Å². The third kappa shape index (κ3) is 1.88. The molecule has 0 spiro atoms. The lowest BCUT2D eigenvalue weighted by atomic mass is 10.0. The molecule has 114 valence electrons. The Morgan fingerprint density at radius 3 is 2.73 bits per heavy atom. The van der Waals surface area contributed by atoms with Gasteiger partial charge in [0, 0.05) is 29.8 Å². The third-order valence-electron chi connectivity index (χ3n) is 4.80. The van der Waals surface area contributed by atoms with E-state index in [-0.39, 0.29) is 27.9 Å². The Morgan fingerprint density at radius 1 is 1.36 bits per heavy atom. The van der Waals surface area contributed by atoms with E-state index in [1.54, 1.807) is 7.05 Å². The number of carbonyl (C=O) groups is 1. The zero-order chi connectivity index (χ0) is 18.1. The van der Waals surface area contributed by atoms with Crippen molar-refractivity contribution in [3.8, 4) is 0 Å². The van der Waals surface area contributed by atoms with Gasteiger partial charge in [0.05, 0.1) is 10.9 Å². The van der Waals surface area contributed by atoms with E-state index in [0.717, 1.165) is 13.1 Å². The van der Waals surface area contributed by atoms with E-state index in [1.165, 1.54) is 30.0 Å². The van der Waals surface area contributed by atoms with E-state index < -0.39 is 6.85 Å². The smallest absolute Gasteiger partial charge is 0.262 e. The van der Waals surface area contributed by atoms with Gasteiger partial charge in [0.15, 0.2) is 5.78 Å². The van der Waals surface area contributed by atoms with Crippen molar-refractivity contribution >= 4 is 22.6 Å². The molecule has 0 N–H and O–H groups in total. The Morgan fingerprint density at radius 2 is 2.09 bits per heavy atom. The first kappa shape index (κ1) is 10.5. The minimum atomic E-state index is -2.39. The lowest BCUT2D eigenvalue weighted by Crippen LogP contribution is -2.31. The highest BCUT2D eigenvalue weighted by Gasteiger charge is 2.46. The number of rotatable bonds is 2. The van der Waals surface area contributed by atoms with Crippen LogP contribution in [-0.4, -0.2) is 28.4 Å². The number of ketones is 1. The molecule has 2 fully saturated rings. The normalized spacial score (nSPS) is 25.5. The molecule has 5 nitrogen and oxygen atoms in total. The SMILES string of the molecule is [2H]C([2H])([2H])c1cc(C(C)=O)c2nc(N3CC4CC4C3)n(C)c(=O)c2c1. The largest absolute Gasteiger partial charge is 0.342 e. The van der Waals surface area contributed by atoms with Crippen LogP contribution in [0.4, 0.5) is 5.95 Å².